The van der Waals surface area contributed by atoms with Crippen molar-refractivity contribution in [1.82, 2.24) is 0 Å². The van der Waals surface area contributed by atoms with Crippen LogP contribution in [0.15, 0.2) is 24.3 Å². The average Bonchev–Trinajstić information content (AvgIpc) is 3.17. The highest BCUT2D eigenvalue weighted by Gasteiger charge is 2.22. The Labute approximate surface area is 344 Å². The first-order chi connectivity index (χ1) is 27.4. The third kappa shape index (κ3) is 42.5. The predicted molar refractivity (Wildman–Crippen MR) is 219 cm³/mol. The van der Waals surface area contributed by atoms with Crippen LogP contribution in [0.25, 0.3) is 0 Å². The van der Waals surface area contributed by atoms with Gasteiger partial charge < -0.3 is 47.4 Å². The molecule has 0 spiro atoms. The minimum absolute atomic E-state index is 0.0958. The fourth-order valence-electron chi connectivity index (χ4n) is 5.91. The first-order valence-corrected chi connectivity index (χ1v) is 24.9. The molecule has 57 heavy (non-hydrogen) atoms. The van der Waals surface area contributed by atoms with Crippen LogP contribution < -0.4 is 14.7 Å². The van der Waals surface area contributed by atoms with E-state index in [-0.39, 0.29) is 12.8 Å². The average molecular weight is 852 g/mol. The summed E-state index contributed by atoms with van der Waals surface area (Å²) >= 11 is 0. The van der Waals surface area contributed by atoms with Crippen LogP contribution in [0.1, 0.15) is 194 Å². The van der Waals surface area contributed by atoms with Gasteiger partial charge in [-0.1, -0.05) is 141 Å². The number of aliphatic hydroxyl groups is 1. The molecule has 0 saturated carbocycles. The molecule has 3 atom stereocenters. The van der Waals surface area contributed by atoms with Crippen molar-refractivity contribution in [1.29, 1.82) is 0 Å². The van der Waals surface area contributed by atoms with Gasteiger partial charge in [-0.3, -0.25) is 14.2 Å². The van der Waals surface area contributed by atoms with Crippen molar-refractivity contribution in [3.8, 4) is 0 Å². The van der Waals surface area contributed by atoms with Crippen LogP contribution >= 0.6 is 15.6 Å². The minimum Gasteiger partial charge on any atom is -0.790 e. The summed E-state index contributed by atoms with van der Waals surface area (Å²) in [5.74, 6) is -1.10. The topological polar surface area (TPSA) is 204 Å². The van der Waals surface area contributed by atoms with Crippen LogP contribution in [0.2, 0.25) is 0 Å². The zero-order valence-corrected chi connectivity index (χ0v) is 37.1. The van der Waals surface area contributed by atoms with Crippen molar-refractivity contribution in [2.75, 3.05) is 26.4 Å². The van der Waals surface area contributed by atoms with Crippen LogP contribution in [0.4, 0.5) is 0 Å². The number of esters is 2. The summed E-state index contributed by atoms with van der Waals surface area (Å²) in [5.41, 5.74) is 0. The van der Waals surface area contributed by atoms with Gasteiger partial charge in [0.05, 0.1) is 27.6 Å². The molecule has 0 heterocycles. The molecule has 1 N–H and O–H groups in total. The number of phosphoric ester groups is 2. The Balaban J connectivity index is 4.53. The summed E-state index contributed by atoms with van der Waals surface area (Å²) in [5, 5.41) is 9.66. The molecular formula is C42H77O13P2-3. The molecule has 0 rings (SSSR count). The number of rotatable bonds is 42. The summed E-state index contributed by atoms with van der Waals surface area (Å²) < 4.78 is 46.8. The maximum Gasteiger partial charge on any atom is 0.306 e. The van der Waals surface area contributed by atoms with E-state index in [4.69, 9.17) is 14.0 Å². The van der Waals surface area contributed by atoms with E-state index in [9.17, 15) is 38.5 Å². The summed E-state index contributed by atoms with van der Waals surface area (Å²) in [6.07, 6.45) is 35.4. The molecule has 0 aromatic carbocycles. The smallest absolute Gasteiger partial charge is 0.306 e. The Morgan fingerprint density at radius 2 is 0.877 bits per heavy atom. The zero-order valence-electron chi connectivity index (χ0n) is 35.3. The van der Waals surface area contributed by atoms with Crippen molar-refractivity contribution in [3.63, 3.8) is 0 Å². The van der Waals surface area contributed by atoms with Gasteiger partial charge in [0.2, 0.25) is 0 Å². The maximum absolute atomic E-state index is 12.6. The van der Waals surface area contributed by atoms with Crippen LogP contribution in [0.3, 0.4) is 0 Å². The highest BCUT2D eigenvalue weighted by atomic mass is 31.2. The number of phosphoric acid groups is 2. The molecule has 0 aromatic heterocycles. The molecule has 0 bridgehead atoms. The molecule has 0 radical (unpaired) electrons. The first-order valence-electron chi connectivity index (χ1n) is 22.0. The van der Waals surface area contributed by atoms with Gasteiger partial charge in [0.25, 0.3) is 7.82 Å². The van der Waals surface area contributed by atoms with Crippen molar-refractivity contribution >= 4 is 27.6 Å². The molecular weight excluding hydrogens is 774 g/mol. The van der Waals surface area contributed by atoms with E-state index in [0.717, 1.165) is 77.0 Å². The van der Waals surface area contributed by atoms with Gasteiger partial charge in [0.1, 0.15) is 12.7 Å². The number of allylic oxidation sites excluding steroid dienone is 4. The van der Waals surface area contributed by atoms with E-state index >= 15 is 0 Å². The zero-order chi connectivity index (χ0) is 42.3. The summed E-state index contributed by atoms with van der Waals surface area (Å²) in [6, 6.07) is 0. The molecule has 13 nitrogen and oxygen atoms in total. The van der Waals surface area contributed by atoms with Crippen LogP contribution in [-0.2, 0) is 41.8 Å². The second kappa shape index (κ2) is 38.8. The molecule has 336 valence electrons. The molecule has 15 heteroatoms. The molecule has 0 aliphatic heterocycles. The lowest BCUT2D eigenvalue weighted by atomic mass is 10.1. The van der Waals surface area contributed by atoms with Crippen molar-refractivity contribution in [3.05, 3.63) is 24.3 Å². The Bertz CT molecular complexity index is 1110. The fourth-order valence-corrected chi connectivity index (χ4v) is 7.05. The van der Waals surface area contributed by atoms with E-state index < -0.39 is 66.2 Å². The van der Waals surface area contributed by atoms with Crippen LogP contribution in [-0.4, -0.2) is 55.7 Å². The van der Waals surface area contributed by atoms with Gasteiger partial charge in [0.15, 0.2) is 6.10 Å². The molecule has 0 aliphatic carbocycles. The van der Waals surface area contributed by atoms with E-state index in [0.29, 0.717) is 12.8 Å². The van der Waals surface area contributed by atoms with Crippen molar-refractivity contribution < 1.29 is 61.6 Å². The molecule has 0 fully saturated rings. The van der Waals surface area contributed by atoms with Crippen molar-refractivity contribution in [2.24, 2.45) is 0 Å². The Hall–Kier alpha value is -1.40. The first kappa shape index (κ1) is 55.6. The monoisotopic (exact) mass is 851 g/mol. The number of carbonyl (C=O) groups is 2. The van der Waals surface area contributed by atoms with Crippen LogP contribution in [0, 0.1) is 0 Å². The lowest BCUT2D eigenvalue weighted by Crippen LogP contribution is -2.31. The number of unbranched alkanes of at least 4 members (excludes halogenated alkanes) is 22. The third-order valence-corrected chi connectivity index (χ3v) is 10.7. The molecule has 0 amide bonds. The molecule has 0 aromatic rings. The second-order valence-corrected chi connectivity index (χ2v) is 17.5. The summed E-state index contributed by atoms with van der Waals surface area (Å²) in [7, 11) is -10.5. The maximum atomic E-state index is 12.6. The number of ether oxygens (including phenoxy) is 2. The van der Waals surface area contributed by atoms with Crippen LogP contribution in [0.5, 0.6) is 0 Å². The molecule has 0 saturated heterocycles. The van der Waals surface area contributed by atoms with Gasteiger partial charge in [0, 0.05) is 12.8 Å². The van der Waals surface area contributed by atoms with Crippen molar-refractivity contribution in [2.45, 2.75) is 206 Å². The van der Waals surface area contributed by atoms with Gasteiger partial charge in [-0.05, 0) is 64.2 Å². The lowest BCUT2D eigenvalue weighted by molar-refractivity contribution is -0.342. The lowest BCUT2D eigenvalue weighted by Gasteiger charge is -2.30. The third-order valence-electron chi connectivity index (χ3n) is 9.28. The normalized spacial score (nSPS) is 14.3. The Morgan fingerprint density at radius 1 is 0.509 bits per heavy atom. The molecule has 1 unspecified atom stereocenters. The standard InChI is InChI=1S/C42H80O13P2/c1-3-5-7-9-11-13-15-17-19-21-23-25-27-29-31-33-41(44)51-37-40(38-54-57(49,50)53-36-39(43)35-52-56(46,47)48)55-42(45)34-32-30-28-26-24-22-20-18-16-14-12-10-8-6-4-2/h17-20,39-40,43H,3-16,21-38H2,1-2H3,(H,49,50)(H2,46,47,48)/p-3/b19-17-,20-18-/t39-,40+/m0/s1. The number of hydrogen-bond acceptors (Lipinski definition) is 13. The fraction of sp³-hybridized carbons (Fsp3) is 0.857. The van der Waals surface area contributed by atoms with Gasteiger partial charge >= 0.3 is 11.9 Å². The van der Waals surface area contributed by atoms with Gasteiger partial charge in [-0.25, -0.2) is 0 Å². The molecule has 0 aliphatic rings. The quantitative estimate of drug-likeness (QED) is 0.0264. The predicted octanol–water partition coefficient (Wildman–Crippen LogP) is 9.22. The van der Waals surface area contributed by atoms with E-state index in [2.05, 4.69) is 47.2 Å². The summed E-state index contributed by atoms with van der Waals surface area (Å²) in [6.45, 7) is 1.34. The number of aliphatic hydroxyl groups excluding tert-OH is 1. The number of hydrogen-bond donors (Lipinski definition) is 1. The highest BCUT2D eigenvalue weighted by molar-refractivity contribution is 7.45. The summed E-state index contributed by atoms with van der Waals surface area (Å²) in [4.78, 5) is 58.5. The highest BCUT2D eigenvalue weighted by Crippen LogP contribution is 2.39. The largest absolute Gasteiger partial charge is 0.790 e. The Kier molecular flexibility index (Phi) is 37.8. The van der Waals surface area contributed by atoms with Gasteiger partial charge in [-0.15, -0.1) is 0 Å². The Morgan fingerprint density at radius 3 is 1.32 bits per heavy atom. The SMILES string of the molecule is CCCCCCCC/C=C\CCCCCCCC(=O)OC[C@H](COP(=O)([O-])OC[C@@H](O)COP(=O)([O-])[O-])OC(=O)CCCCCCC/C=C\CCCCCCCC. The van der Waals surface area contributed by atoms with E-state index in [1.165, 1.54) is 77.0 Å². The second-order valence-electron chi connectivity index (χ2n) is 14.9. The minimum atomic E-state index is -5.38. The van der Waals surface area contributed by atoms with E-state index in [1.54, 1.807) is 0 Å². The van der Waals surface area contributed by atoms with Gasteiger partial charge in [-0.2, -0.15) is 0 Å². The number of carbonyl (C=O) groups excluding carboxylic acids is 2. The van der Waals surface area contributed by atoms with E-state index in [1.807, 2.05) is 0 Å².